The van der Waals surface area contributed by atoms with Crippen molar-refractivity contribution in [3.8, 4) is 0 Å². The highest BCUT2D eigenvalue weighted by molar-refractivity contribution is 5.69. The molecule has 2 aliphatic rings. The molecule has 3 atom stereocenters. The van der Waals surface area contributed by atoms with Crippen LogP contribution in [0.1, 0.15) is 12.0 Å². The van der Waals surface area contributed by atoms with E-state index in [4.69, 9.17) is 10.5 Å². The van der Waals surface area contributed by atoms with E-state index in [9.17, 15) is 4.79 Å². The van der Waals surface area contributed by atoms with E-state index in [0.29, 0.717) is 25.0 Å². The van der Waals surface area contributed by atoms with Gasteiger partial charge in [-0.05, 0) is 23.8 Å². The van der Waals surface area contributed by atoms with Gasteiger partial charge in [0.25, 0.3) is 0 Å². The van der Waals surface area contributed by atoms with Gasteiger partial charge in [0.1, 0.15) is 6.61 Å². The molecule has 0 bridgehead atoms. The fourth-order valence-corrected chi connectivity index (χ4v) is 2.89. The maximum atomic E-state index is 12.0. The minimum Gasteiger partial charge on any atom is -0.445 e. The molecule has 1 aromatic rings. The predicted octanol–water partition coefficient (Wildman–Crippen LogP) is 1.60. The summed E-state index contributed by atoms with van der Waals surface area (Å²) in [6.07, 6.45) is 1.01. The van der Waals surface area contributed by atoms with E-state index >= 15 is 0 Å². The molecule has 0 spiro atoms. The third-order valence-electron chi connectivity index (χ3n) is 3.98. The second-order valence-corrected chi connectivity index (χ2v) is 5.16. The molecule has 1 amide bonds. The number of nitrogens with two attached hydrogens (primary N) is 1. The Labute approximate surface area is 107 Å². The number of carbonyl (C=O) groups excluding carboxylic acids is 1. The summed E-state index contributed by atoms with van der Waals surface area (Å²) < 4.78 is 5.34. The Bertz CT molecular complexity index is 435. The quantitative estimate of drug-likeness (QED) is 0.881. The molecule has 2 N–H and O–H groups in total. The first-order valence-corrected chi connectivity index (χ1v) is 6.47. The monoisotopic (exact) mass is 246 g/mol. The summed E-state index contributed by atoms with van der Waals surface area (Å²) in [7, 11) is 0. The Kier molecular flexibility index (Phi) is 2.96. The molecule has 3 rings (SSSR count). The van der Waals surface area contributed by atoms with Gasteiger partial charge in [-0.3, -0.25) is 0 Å². The maximum absolute atomic E-state index is 12.0. The number of carbonyl (C=O) groups is 1. The van der Waals surface area contributed by atoms with Gasteiger partial charge in [0.2, 0.25) is 0 Å². The molecule has 4 nitrogen and oxygen atoms in total. The zero-order chi connectivity index (χ0) is 12.5. The Morgan fingerprint density at radius 1 is 1.39 bits per heavy atom. The van der Waals surface area contributed by atoms with E-state index in [1.807, 2.05) is 35.2 Å². The van der Waals surface area contributed by atoms with Gasteiger partial charge in [-0.2, -0.15) is 0 Å². The number of rotatable bonds is 3. The zero-order valence-corrected chi connectivity index (χ0v) is 10.3. The molecule has 1 aliphatic carbocycles. The van der Waals surface area contributed by atoms with Crippen LogP contribution in [0.2, 0.25) is 0 Å². The molecule has 3 unspecified atom stereocenters. The molecule has 0 aromatic heterocycles. The lowest BCUT2D eigenvalue weighted by Gasteiger charge is -2.25. The van der Waals surface area contributed by atoms with Crippen molar-refractivity contribution in [3.05, 3.63) is 35.9 Å². The molecule has 1 saturated carbocycles. The standard InChI is InChI=1S/C14H18N2O2/c15-7-13-12-6-11(12)8-16(13)14(17)18-9-10-4-2-1-3-5-10/h1-5,11-13H,6-9,15H2. The molecule has 1 aromatic carbocycles. The predicted molar refractivity (Wildman–Crippen MR) is 67.8 cm³/mol. The lowest BCUT2D eigenvalue weighted by Crippen LogP contribution is -2.43. The van der Waals surface area contributed by atoms with Gasteiger partial charge < -0.3 is 15.4 Å². The number of nitrogens with zero attached hydrogens (tertiary/aromatic N) is 1. The van der Waals surface area contributed by atoms with E-state index in [0.717, 1.165) is 12.1 Å². The lowest BCUT2D eigenvalue weighted by molar-refractivity contribution is 0.0871. The fraction of sp³-hybridized carbons (Fsp3) is 0.500. The van der Waals surface area contributed by atoms with Crippen molar-refractivity contribution < 1.29 is 9.53 Å². The largest absolute Gasteiger partial charge is 0.445 e. The molecule has 4 heteroatoms. The van der Waals surface area contributed by atoms with Gasteiger partial charge in [-0.15, -0.1) is 0 Å². The van der Waals surface area contributed by atoms with Crippen molar-refractivity contribution in [2.45, 2.75) is 19.1 Å². The summed E-state index contributed by atoms with van der Waals surface area (Å²) in [5, 5.41) is 0. The van der Waals surface area contributed by atoms with Crippen molar-refractivity contribution >= 4 is 6.09 Å². The average Bonchev–Trinajstić information content (AvgIpc) is 3.09. The summed E-state index contributed by atoms with van der Waals surface area (Å²) in [4.78, 5) is 13.8. The number of likely N-dealkylation sites (tertiary alicyclic amines) is 1. The van der Waals surface area contributed by atoms with Crippen LogP contribution in [0.15, 0.2) is 30.3 Å². The van der Waals surface area contributed by atoms with E-state index in [-0.39, 0.29) is 12.1 Å². The van der Waals surface area contributed by atoms with E-state index in [1.54, 1.807) is 0 Å². The number of ether oxygens (including phenoxy) is 1. The van der Waals surface area contributed by atoms with Crippen LogP contribution in [0.3, 0.4) is 0 Å². The molecular formula is C14H18N2O2. The summed E-state index contributed by atoms with van der Waals surface area (Å²) in [6.45, 7) is 1.70. The van der Waals surface area contributed by atoms with Crippen LogP contribution in [0.4, 0.5) is 4.79 Å². The van der Waals surface area contributed by atoms with Gasteiger partial charge in [0.15, 0.2) is 0 Å². The zero-order valence-electron chi connectivity index (χ0n) is 10.3. The molecule has 1 saturated heterocycles. The van der Waals surface area contributed by atoms with E-state index in [2.05, 4.69) is 0 Å². The van der Waals surface area contributed by atoms with Gasteiger partial charge in [-0.1, -0.05) is 30.3 Å². The SMILES string of the molecule is NCC1C2CC2CN1C(=O)OCc1ccccc1. The normalized spacial score (nSPS) is 28.9. The number of fused-ring (bicyclic) bond motifs is 1. The van der Waals surface area contributed by atoms with E-state index < -0.39 is 0 Å². The van der Waals surface area contributed by atoms with E-state index in [1.165, 1.54) is 6.42 Å². The van der Waals surface area contributed by atoms with Crippen LogP contribution in [-0.2, 0) is 11.3 Å². The summed E-state index contributed by atoms with van der Waals surface area (Å²) in [6, 6.07) is 9.93. The van der Waals surface area contributed by atoms with Gasteiger partial charge >= 0.3 is 6.09 Å². The van der Waals surface area contributed by atoms with Crippen LogP contribution in [0.25, 0.3) is 0 Å². The molecule has 2 fully saturated rings. The lowest BCUT2D eigenvalue weighted by atomic mass is 10.2. The maximum Gasteiger partial charge on any atom is 0.410 e. The molecule has 18 heavy (non-hydrogen) atoms. The van der Waals surface area contributed by atoms with Crippen LogP contribution in [0.5, 0.6) is 0 Å². The minimum atomic E-state index is -0.221. The fourth-order valence-electron chi connectivity index (χ4n) is 2.89. The Balaban J connectivity index is 1.56. The van der Waals surface area contributed by atoms with Crippen molar-refractivity contribution in [2.24, 2.45) is 17.6 Å². The molecule has 1 heterocycles. The summed E-state index contributed by atoms with van der Waals surface area (Å²) >= 11 is 0. The highest BCUT2D eigenvalue weighted by Crippen LogP contribution is 2.49. The second kappa shape index (κ2) is 4.61. The Morgan fingerprint density at radius 3 is 2.89 bits per heavy atom. The molecule has 96 valence electrons. The number of piperidine rings is 1. The summed E-state index contributed by atoms with van der Waals surface area (Å²) in [5.41, 5.74) is 6.75. The van der Waals surface area contributed by atoms with Gasteiger partial charge in [0.05, 0.1) is 6.04 Å². The molecule has 1 aliphatic heterocycles. The minimum absolute atomic E-state index is 0.193. The highest BCUT2D eigenvalue weighted by atomic mass is 16.6. The number of benzene rings is 1. The van der Waals surface area contributed by atoms with Crippen molar-refractivity contribution in [2.75, 3.05) is 13.1 Å². The second-order valence-electron chi connectivity index (χ2n) is 5.16. The van der Waals surface area contributed by atoms with Crippen LogP contribution < -0.4 is 5.73 Å². The highest BCUT2D eigenvalue weighted by Gasteiger charge is 2.53. The number of hydrogen-bond acceptors (Lipinski definition) is 3. The first-order chi connectivity index (χ1) is 8.79. The Morgan fingerprint density at radius 2 is 2.17 bits per heavy atom. The molecular weight excluding hydrogens is 228 g/mol. The number of hydrogen-bond donors (Lipinski definition) is 1. The van der Waals surface area contributed by atoms with Crippen LogP contribution in [0, 0.1) is 11.8 Å². The summed E-state index contributed by atoms with van der Waals surface area (Å²) in [5.74, 6) is 1.29. The van der Waals surface area contributed by atoms with Gasteiger partial charge in [0, 0.05) is 13.1 Å². The Hall–Kier alpha value is -1.55. The third-order valence-corrected chi connectivity index (χ3v) is 3.98. The van der Waals surface area contributed by atoms with Crippen molar-refractivity contribution in [1.29, 1.82) is 0 Å². The van der Waals surface area contributed by atoms with Crippen LogP contribution >= 0.6 is 0 Å². The van der Waals surface area contributed by atoms with Crippen LogP contribution in [-0.4, -0.2) is 30.1 Å². The van der Waals surface area contributed by atoms with Gasteiger partial charge in [-0.25, -0.2) is 4.79 Å². The third kappa shape index (κ3) is 2.08. The first kappa shape index (κ1) is 11.5. The topological polar surface area (TPSA) is 55.6 Å². The molecule has 0 radical (unpaired) electrons. The average molecular weight is 246 g/mol. The van der Waals surface area contributed by atoms with Crippen molar-refractivity contribution in [1.82, 2.24) is 4.90 Å². The number of amides is 1. The smallest absolute Gasteiger partial charge is 0.410 e. The first-order valence-electron chi connectivity index (χ1n) is 6.47. The van der Waals surface area contributed by atoms with Crippen molar-refractivity contribution in [3.63, 3.8) is 0 Å².